The first kappa shape index (κ1) is 19.9. The van der Waals surface area contributed by atoms with Crippen molar-refractivity contribution in [2.45, 2.75) is 0 Å². The number of anilines is 1. The number of aromatic nitrogens is 1. The Morgan fingerprint density at radius 3 is 2.52 bits per heavy atom. The molecule has 8 heteroatoms. The average Bonchev–Trinajstić information content (AvgIpc) is 2.95. The van der Waals surface area contributed by atoms with Crippen molar-refractivity contribution in [2.75, 3.05) is 24.2 Å². The van der Waals surface area contributed by atoms with Crippen LogP contribution in [0.1, 0.15) is 10.6 Å². The lowest BCUT2D eigenvalue weighted by Gasteiger charge is -2.18. The van der Waals surface area contributed by atoms with Gasteiger partial charge in [0.15, 0.2) is 0 Å². The predicted molar refractivity (Wildman–Crippen MR) is 116 cm³/mol. The topological polar surface area (TPSA) is 61.5 Å². The second-order valence-corrected chi connectivity index (χ2v) is 10.6. The number of para-hydroxylation sites is 1. The highest BCUT2D eigenvalue weighted by Crippen LogP contribution is 2.22. The lowest BCUT2D eigenvalue weighted by molar-refractivity contribution is -0.642. The van der Waals surface area contributed by atoms with Gasteiger partial charge in [0.2, 0.25) is 5.52 Å². The first-order valence-electron chi connectivity index (χ1n) is 8.32. The fraction of sp³-hybridized carbons (Fsp3) is 0.211. The molecule has 5 nitrogen and oxygen atoms in total. The summed E-state index contributed by atoms with van der Waals surface area (Å²) in [7, 11) is 0.532. The molecule has 27 heavy (non-hydrogen) atoms. The van der Waals surface area contributed by atoms with Gasteiger partial charge in [-0.15, -0.1) is 0 Å². The number of rotatable bonds is 7. The molecule has 0 radical (unpaired) electrons. The van der Waals surface area contributed by atoms with Crippen LogP contribution in [0.5, 0.6) is 0 Å². The van der Waals surface area contributed by atoms with Gasteiger partial charge in [-0.3, -0.25) is 4.55 Å². The van der Waals surface area contributed by atoms with Crippen molar-refractivity contribution in [1.29, 1.82) is 0 Å². The number of thiazole rings is 1. The summed E-state index contributed by atoms with van der Waals surface area (Å²) in [4.78, 5) is 1.96. The van der Waals surface area contributed by atoms with E-state index in [1.807, 2.05) is 42.3 Å². The third kappa shape index (κ3) is 5.32. The Morgan fingerprint density at radius 1 is 1.15 bits per heavy atom. The SMILES string of the molecule is CN(CCSS(=O)(=O)O)c1ccc(/C=C/c2sc3ccccc3[n+]2C)cc1. The van der Waals surface area contributed by atoms with Crippen LogP contribution >= 0.6 is 22.1 Å². The molecule has 0 amide bonds. The molecule has 1 aromatic heterocycles. The zero-order valence-electron chi connectivity index (χ0n) is 15.1. The molecule has 0 aliphatic heterocycles. The maximum atomic E-state index is 10.8. The van der Waals surface area contributed by atoms with Crippen molar-refractivity contribution in [3.8, 4) is 0 Å². The molecule has 0 saturated carbocycles. The smallest absolute Gasteiger partial charge is 0.319 e. The van der Waals surface area contributed by atoms with Crippen LogP contribution in [0.15, 0.2) is 48.5 Å². The molecule has 142 valence electrons. The highest BCUT2D eigenvalue weighted by molar-refractivity contribution is 8.69. The number of benzene rings is 2. The van der Waals surface area contributed by atoms with E-state index in [1.54, 1.807) is 11.3 Å². The third-order valence-electron chi connectivity index (χ3n) is 4.18. The normalized spacial score (nSPS) is 12.1. The van der Waals surface area contributed by atoms with Gasteiger partial charge in [-0.25, -0.2) is 0 Å². The standard InChI is InChI=1S/C19H20N2O3S3/c1-20(13-14-25-27(22,23)24)16-10-7-15(8-11-16)9-12-19-21(2)17-5-3-4-6-18(17)26-19/h3-12H,13-14H2,1-2H3/p+1. The maximum absolute atomic E-state index is 10.8. The van der Waals surface area contributed by atoms with Gasteiger partial charge in [0, 0.05) is 37.2 Å². The summed E-state index contributed by atoms with van der Waals surface area (Å²) in [6.07, 6.45) is 4.20. The molecule has 0 spiro atoms. The zero-order chi connectivity index (χ0) is 19.4. The van der Waals surface area contributed by atoms with Crippen LogP contribution in [-0.2, 0) is 16.2 Å². The summed E-state index contributed by atoms with van der Waals surface area (Å²) < 4.78 is 33.7. The fourth-order valence-corrected chi connectivity index (χ4v) is 5.15. The Hall–Kier alpha value is -1.87. The molecule has 1 N–H and O–H groups in total. The summed E-state index contributed by atoms with van der Waals surface area (Å²) in [6, 6.07) is 16.4. The largest absolute Gasteiger partial charge is 0.374 e. The van der Waals surface area contributed by atoms with E-state index < -0.39 is 9.15 Å². The molecular weight excluding hydrogens is 400 g/mol. The number of nitrogens with zero attached hydrogens (tertiary/aromatic N) is 2. The molecule has 0 fully saturated rings. The van der Waals surface area contributed by atoms with Crippen LogP contribution in [0.2, 0.25) is 0 Å². The van der Waals surface area contributed by atoms with Crippen molar-refractivity contribution in [3.05, 3.63) is 59.1 Å². The van der Waals surface area contributed by atoms with Crippen LogP contribution in [0, 0.1) is 0 Å². The Kier molecular flexibility index (Phi) is 6.21. The van der Waals surface area contributed by atoms with E-state index in [0.717, 1.165) is 11.3 Å². The molecule has 2 aromatic carbocycles. The molecule has 3 rings (SSSR count). The molecule has 0 saturated heterocycles. The highest BCUT2D eigenvalue weighted by Gasteiger charge is 2.13. The Labute approximate surface area is 167 Å². The van der Waals surface area contributed by atoms with E-state index in [-0.39, 0.29) is 0 Å². The van der Waals surface area contributed by atoms with Gasteiger partial charge in [0.25, 0.3) is 5.01 Å². The summed E-state index contributed by atoms with van der Waals surface area (Å²) in [6.45, 7) is 0.525. The van der Waals surface area contributed by atoms with Crippen molar-refractivity contribution < 1.29 is 17.5 Å². The first-order valence-corrected chi connectivity index (χ1v) is 12.1. The van der Waals surface area contributed by atoms with E-state index in [4.69, 9.17) is 4.55 Å². The van der Waals surface area contributed by atoms with Gasteiger partial charge in [-0.2, -0.15) is 13.0 Å². The lowest BCUT2D eigenvalue weighted by Crippen LogP contribution is -2.28. The molecule has 0 bridgehead atoms. The summed E-state index contributed by atoms with van der Waals surface area (Å²) in [5, 5.41) is 1.18. The van der Waals surface area contributed by atoms with Crippen molar-refractivity contribution in [2.24, 2.45) is 7.05 Å². The first-order chi connectivity index (χ1) is 12.8. The quantitative estimate of drug-likeness (QED) is 0.356. The minimum absolute atomic E-state index is 0.305. The molecule has 0 aliphatic rings. The highest BCUT2D eigenvalue weighted by atomic mass is 33.1. The van der Waals surface area contributed by atoms with Gasteiger partial charge < -0.3 is 4.90 Å². The molecule has 0 atom stereocenters. The minimum atomic E-state index is -3.98. The maximum Gasteiger partial charge on any atom is 0.319 e. The van der Waals surface area contributed by atoms with E-state index in [9.17, 15) is 8.42 Å². The van der Waals surface area contributed by atoms with E-state index >= 15 is 0 Å². The van der Waals surface area contributed by atoms with Gasteiger partial charge in [0.05, 0.1) is 0 Å². The molecule has 0 aliphatic carbocycles. The Balaban J connectivity index is 1.66. The van der Waals surface area contributed by atoms with Crippen molar-refractivity contribution in [1.82, 2.24) is 0 Å². The second kappa shape index (κ2) is 8.43. The summed E-state index contributed by atoms with van der Waals surface area (Å²) in [5.41, 5.74) is 3.31. The predicted octanol–water partition coefficient (Wildman–Crippen LogP) is 3.87. The van der Waals surface area contributed by atoms with Gasteiger partial charge in [0.1, 0.15) is 11.7 Å². The third-order valence-corrected chi connectivity index (χ3v) is 7.41. The summed E-state index contributed by atoms with van der Waals surface area (Å²) >= 11 is 1.76. The second-order valence-electron chi connectivity index (χ2n) is 6.06. The molecule has 3 aromatic rings. The van der Waals surface area contributed by atoms with E-state index in [2.05, 4.69) is 42.0 Å². The van der Waals surface area contributed by atoms with Crippen LogP contribution in [-0.4, -0.2) is 32.3 Å². The lowest BCUT2D eigenvalue weighted by atomic mass is 10.2. The van der Waals surface area contributed by atoms with Crippen LogP contribution in [0.4, 0.5) is 5.69 Å². The number of hydrogen-bond donors (Lipinski definition) is 1. The van der Waals surface area contributed by atoms with E-state index in [0.29, 0.717) is 23.1 Å². The summed E-state index contributed by atoms with van der Waals surface area (Å²) in [5.74, 6) is 0.305. The van der Waals surface area contributed by atoms with Crippen LogP contribution in [0.25, 0.3) is 22.4 Å². The van der Waals surface area contributed by atoms with Crippen molar-refractivity contribution in [3.63, 3.8) is 0 Å². The molecular formula is C19H21N2O3S3+. The van der Waals surface area contributed by atoms with Gasteiger partial charge in [-0.1, -0.05) is 35.6 Å². The average molecular weight is 422 g/mol. The minimum Gasteiger partial charge on any atom is -0.374 e. The fourth-order valence-electron chi connectivity index (χ4n) is 2.68. The van der Waals surface area contributed by atoms with Crippen molar-refractivity contribution >= 4 is 59.3 Å². The molecule has 0 unspecified atom stereocenters. The number of aryl methyl sites for hydroxylation is 1. The molecule has 1 heterocycles. The van der Waals surface area contributed by atoms with Crippen LogP contribution in [0.3, 0.4) is 0 Å². The Bertz CT molecular complexity index is 1060. The van der Waals surface area contributed by atoms with E-state index in [1.165, 1.54) is 15.2 Å². The number of hydrogen-bond acceptors (Lipinski definition) is 5. The van der Waals surface area contributed by atoms with Gasteiger partial charge in [-0.05, 0) is 40.6 Å². The van der Waals surface area contributed by atoms with Gasteiger partial charge >= 0.3 is 9.15 Å². The zero-order valence-corrected chi connectivity index (χ0v) is 17.5. The number of fused-ring (bicyclic) bond motifs is 1. The monoisotopic (exact) mass is 421 g/mol. The Morgan fingerprint density at radius 2 is 1.85 bits per heavy atom. The van der Waals surface area contributed by atoms with Crippen LogP contribution < -0.4 is 9.47 Å².